The topological polar surface area (TPSA) is 55.2 Å². The number of nitro groups is 1. The van der Waals surface area contributed by atoms with Crippen molar-refractivity contribution in [3.8, 4) is 0 Å². The van der Waals surface area contributed by atoms with Crippen LogP contribution >= 0.6 is 31.9 Å². The molecule has 0 aliphatic heterocycles. The van der Waals surface area contributed by atoms with Gasteiger partial charge >= 0.3 is 0 Å². The van der Waals surface area contributed by atoms with Gasteiger partial charge in [0, 0.05) is 23.1 Å². The molecule has 0 heterocycles. The van der Waals surface area contributed by atoms with Crippen molar-refractivity contribution < 1.29 is 4.92 Å². The van der Waals surface area contributed by atoms with Gasteiger partial charge in [0.15, 0.2) is 0 Å². The molecule has 2 aromatic carbocycles. The SMILES string of the molecule is C[C@H](NCc1cccc([N+](=O)[O-])c1Br)c1ccccc1Br. The Hall–Kier alpha value is -1.24. The second-order valence-corrected chi connectivity index (χ2v) is 6.28. The average Bonchev–Trinajstić information content (AvgIpc) is 2.46. The zero-order valence-corrected chi connectivity index (χ0v) is 14.5. The van der Waals surface area contributed by atoms with Crippen LogP contribution in [0.25, 0.3) is 0 Å². The van der Waals surface area contributed by atoms with E-state index in [1.165, 1.54) is 6.07 Å². The summed E-state index contributed by atoms with van der Waals surface area (Å²) in [5.41, 5.74) is 2.10. The third-order valence-electron chi connectivity index (χ3n) is 3.23. The molecule has 0 amide bonds. The van der Waals surface area contributed by atoms with Crippen molar-refractivity contribution in [3.63, 3.8) is 0 Å². The van der Waals surface area contributed by atoms with Crippen molar-refractivity contribution in [3.05, 3.63) is 72.7 Å². The summed E-state index contributed by atoms with van der Waals surface area (Å²) < 4.78 is 1.57. The van der Waals surface area contributed by atoms with Crippen molar-refractivity contribution >= 4 is 37.5 Å². The number of hydrogen-bond donors (Lipinski definition) is 1. The molecule has 0 saturated carbocycles. The summed E-state index contributed by atoms with van der Waals surface area (Å²) in [6.07, 6.45) is 0. The van der Waals surface area contributed by atoms with Gasteiger partial charge in [0.25, 0.3) is 5.69 Å². The highest BCUT2D eigenvalue weighted by Crippen LogP contribution is 2.29. The van der Waals surface area contributed by atoms with E-state index in [4.69, 9.17) is 0 Å². The Morgan fingerprint density at radius 1 is 1.19 bits per heavy atom. The normalized spacial score (nSPS) is 12.1. The van der Waals surface area contributed by atoms with Crippen LogP contribution in [-0.2, 0) is 6.54 Å². The molecule has 110 valence electrons. The van der Waals surface area contributed by atoms with E-state index in [9.17, 15) is 10.1 Å². The molecule has 6 heteroatoms. The predicted molar refractivity (Wildman–Crippen MR) is 90.2 cm³/mol. The summed E-state index contributed by atoms with van der Waals surface area (Å²) in [5.74, 6) is 0. The summed E-state index contributed by atoms with van der Waals surface area (Å²) in [5, 5.41) is 14.3. The first kappa shape index (κ1) is 16.1. The first-order chi connectivity index (χ1) is 10.0. The number of hydrogen-bond acceptors (Lipinski definition) is 3. The average molecular weight is 414 g/mol. The van der Waals surface area contributed by atoms with Crippen LogP contribution in [0.15, 0.2) is 51.4 Å². The molecule has 1 atom stereocenters. The van der Waals surface area contributed by atoms with Gasteiger partial charge in [0.2, 0.25) is 0 Å². The lowest BCUT2D eigenvalue weighted by Crippen LogP contribution is -2.18. The Balaban J connectivity index is 2.12. The van der Waals surface area contributed by atoms with Crippen LogP contribution in [0.5, 0.6) is 0 Å². The largest absolute Gasteiger partial charge is 0.306 e. The Bertz CT molecular complexity index is 662. The summed E-state index contributed by atoms with van der Waals surface area (Å²) in [6.45, 7) is 2.61. The molecule has 0 aliphatic rings. The monoisotopic (exact) mass is 412 g/mol. The van der Waals surface area contributed by atoms with Crippen LogP contribution in [0, 0.1) is 10.1 Å². The number of nitro benzene ring substituents is 1. The number of benzene rings is 2. The molecule has 0 spiro atoms. The highest BCUT2D eigenvalue weighted by molar-refractivity contribution is 9.11. The van der Waals surface area contributed by atoms with Gasteiger partial charge in [-0.2, -0.15) is 0 Å². The van der Waals surface area contributed by atoms with E-state index < -0.39 is 0 Å². The fourth-order valence-corrected chi connectivity index (χ4v) is 3.22. The van der Waals surface area contributed by atoms with E-state index in [-0.39, 0.29) is 16.7 Å². The third kappa shape index (κ3) is 3.90. The highest BCUT2D eigenvalue weighted by Gasteiger charge is 2.15. The lowest BCUT2D eigenvalue weighted by molar-refractivity contribution is -0.385. The zero-order valence-electron chi connectivity index (χ0n) is 11.3. The molecule has 21 heavy (non-hydrogen) atoms. The molecular formula is C15H14Br2N2O2. The van der Waals surface area contributed by atoms with Gasteiger partial charge in [-0.15, -0.1) is 0 Å². The Morgan fingerprint density at radius 3 is 2.57 bits per heavy atom. The minimum atomic E-state index is -0.384. The fourth-order valence-electron chi connectivity index (χ4n) is 2.04. The lowest BCUT2D eigenvalue weighted by Gasteiger charge is -2.16. The second-order valence-electron chi connectivity index (χ2n) is 4.63. The number of nitrogens with zero attached hydrogens (tertiary/aromatic N) is 1. The van der Waals surface area contributed by atoms with Crippen molar-refractivity contribution in [1.29, 1.82) is 0 Å². The third-order valence-corrected chi connectivity index (χ3v) is 4.86. The van der Waals surface area contributed by atoms with Crippen LogP contribution in [-0.4, -0.2) is 4.92 Å². The first-order valence-electron chi connectivity index (χ1n) is 6.40. The van der Waals surface area contributed by atoms with Gasteiger partial charge in [-0.25, -0.2) is 0 Å². The van der Waals surface area contributed by atoms with Gasteiger partial charge < -0.3 is 5.32 Å². The number of rotatable bonds is 5. The van der Waals surface area contributed by atoms with Crippen LogP contribution in [0.2, 0.25) is 0 Å². The van der Waals surface area contributed by atoms with E-state index >= 15 is 0 Å². The molecule has 0 radical (unpaired) electrons. The molecule has 0 saturated heterocycles. The van der Waals surface area contributed by atoms with E-state index in [0.29, 0.717) is 11.0 Å². The summed E-state index contributed by atoms with van der Waals surface area (Å²) in [4.78, 5) is 10.5. The molecule has 0 bridgehead atoms. The molecule has 1 N–H and O–H groups in total. The molecule has 0 aliphatic carbocycles. The van der Waals surface area contributed by atoms with Crippen LogP contribution < -0.4 is 5.32 Å². The zero-order chi connectivity index (χ0) is 15.4. The van der Waals surface area contributed by atoms with Crippen LogP contribution in [0.4, 0.5) is 5.69 Å². The first-order valence-corrected chi connectivity index (χ1v) is 7.99. The lowest BCUT2D eigenvalue weighted by atomic mass is 10.1. The predicted octanol–water partition coefficient (Wildman–Crippen LogP) is 4.97. The van der Waals surface area contributed by atoms with Gasteiger partial charge in [-0.1, -0.05) is 46.3 Å². The van der Waals surface area contributed by atoms with Gasteiger partial charge in [0.05, 0.1) is 9.40 Å². The van der Waals surface area contributed by atoms with Gasteiger partial charge in [-0.05, 0) is 40.0 Å². The maximum atomic E-state index is 10.9. The minimum absolute atomic E-state index is 0.0860. The fraction of sp³-hybridized carbons (Fsp3) is 0.200. The van der Waals surface area contributed by atoms with Gasteiger partial charge in [0.1, 0.15) is 0 Å². The molecule has 2 rings (SSSR count). The molecule has 0 unspecified atom stereocenters. The number of halogens is 2. The van der Waals surface area contributed by atoms with Crippen LogP contribution in [0.1, 0.15) is 24.1 Å². The van der Waals surface area contributed by atoms with Crippen molar-refractivity contribution in [2.45, 2.75) is 19.5 Å². The number of nitrogens with one attached hydrogen (secondary N) is 1. The summed E-state index contributed by atoms with van der Waals surface area (Å²) in [7, 11) is 0. The van der Waals surface area contributed by atoms with Crippen molar-refractivity contribution in [1.82, 2.24) is 5.32 Å². The quantitative estimate of drug-likeness (QED) is 0.556. The van der Waals surface area contributed by atoms with Gasteiger partial charge in [-0.3, -0.25) is 10.1 Å². The summed E-state index contributed by atoms with van der Waals surface area (Å²) >= 11 is 6.84. The smallest absolute Gasteiger partial charge is 0.283 e. The Morgan fingerprint density at radius 2 is 1.90 bits per heavy atom. The van der Waals surface area contributed by atoms with E-state index in [2.05, 4.69) is 44.1 Å². The molecule has 0 fully saturated rings. The van der Waals surface area contributed by atoms with E-state index in [1.807, 2.05) is 30.3 Å². The molecule has 4 nitrogen and oxygen atoms in total. The van der Waals surface area contributed by atoms with Crippen molar-refractivity contribution in [2.75, 3.05) is 0 Å². The Labute approximate surface area is 140 Å². The maximum absolute atomic E-state index is 10.9. The minimum Gasteiger partial charge on any atom is -0.306 e. The van der Waals surface area contributed by atoms with Crippen molar-refractivity contribution in [2.24, 2.45) is 0 Å². The van der Waals surface area contributed by atoms with Crippen LogP contribution in [0.3, 0.4) is 0 Å². The Kier molecular flexibility index (Phi) is 5.50. The standard InChI is InChI=1S/C15H14Br2N2O2/c1-10(12-6-2-3-7-13(12)16)18-9-11-5-4-8-14(15(11)17)19(20)21/h2-8,10,18H,9H2,1H3/t10-/m0/s1. The molecule has 2 aromatic rings. The maximum Gasteiger partial charge on any atom is 0.283 e. The molecular weight excluding hydrogens is 400 g/mol. The molecule has 0 aromatic heterocycles. The second kappa shape index (κ2) is 7.15. The summed E-state index contributed by atoms with van der Waals surface area (Å²) in [6, 6.07) is 13.2. The van der Waals surface area contributed by atoms with E-state index in [1.54, 1.807) is 6.07 Å². The van der Waals surface area contributed by atoms with E-state index in [0.717, 1.165) is 15.6 Å². The highest BCUT2D eigenvalue weighted by atomic mass is 79.9.